The van der Waals surface area contributed by atoms with Crippen molar-refractivity contribution < 1.29 is 32.2 Å². The summed E-state index contributed by atoms with van der Waals surface area (Å²) in [5, 5.41) is 6.96. The Hall–Kier alpha value is -2.95. The number of aromatic nitrogens is 2. The largest absolute Gasteiger partial charge is 0.444 e. The topological polar surface area (TPSA) is 85.7 Å². The molecule has 2 aromatic rings. The number of piperidine rings is 1. The highest BCUT2D eigenvalue weighted by molar-refractivity contribution is 6.30. The number of carbonyl (C=O) groups is 2. The molecule has 3 rings (SSSR count). The van der Waals surface area contributed by atoms with E-state index >= 15 is 0 Å². The molecule has 1 aliphatic heterocycles. The Balaban J connectivity index is 1.98. The maximum absolute atomic E-state index is 14.7. The van der Waals surface area contributed by atoms with E-state index in [0.29, 0.717) is 0 Å². The summed E-state index contributed by atoms with van der Waals surface area (Å²) in [6, 6.07) is 3.92. The van der Waals surface area contributed by atoms with E-state index in [1.54, 1.807) is 34.6 Å². The summed E-state index contributed by atoms with van der Waals surface area (Å²) in [5.41, 5.74) is -1.92. The van der Waals surface area contributed by atoms with E-state index in [4.69, 9.17) is 16.3 Å². The van der Waals surface area contributed by atoms with Crippen LogP contribution >= 0.6 is 11.6 Å². The van der Waals surface area contributed by atoms with E-state index in [0.717, 1.165) is 12.3 Å². The van der Waals surface area contributed by atoms with Crippen LogP contribution in [-0.4, -0.2) is 52.0 Å². The molecule has 1 aromatic carbocycles. The number of carbonyl (C=O) groups excluding carboxylic acids is 2. The summed E-state index contributed by atoms with van der Waals surface area (Å²) >= 11 is 5.92. The first-order valence-corrected chi connectivity index (χ1v) is 11.9. The Bertz CT molecular complexity index is 1110. The molecule has 0 saturated carbocycles. The molecule has 1 saturated heterocycles. The number of hydrogen-bond donors (Lipinski definition) is 1. The average Bonchev–Trinajstić information content (AvgIpc) is 3.16. The molecule has 0 atom stereocenters. The van der Waals surface area contributed by atoms with Crippen molar-refractivity contribution in [3.05, 3.63) is 40.9 Å². The molecule has 0 radical (unpaired) electrons. The van der Waals surface area contributed by atoms with Crippen LogP contribution in [0.5, 0.6) is 5.75 Å². The molecular weight excluding hydrogens is 501 g/mol. The number of ether oxygens (including phenoxy) is 2. The molecular formula is C24H30ClF3N4O4. The number of benzene rings is 1. The highest BCUT2D eigenvalue weighted by atomic mass is 35.5. The lowest BCUT2D eigenvalue weighted by molar-refractivity contribution is -0.128. The summed E-state index contributed by atoms with van der Waals surface area (Å²) in [6.45, 7) is 5.90. The van der Waals surface area contributed by atoms with Crippen molar-refractivity contribution in [3.63, 3.8) is 0 Å². The van der Waals surface area contributed by atoms with Gasteiger partial charge in [-0.3, -0.25) is 9.48 Å². The third kappa shape index (κ3) is 6.05. The highest BCUT2D eigenvalue weighted by Crippen LogP contribution is 2.37. The molecule has 0 bridgehead atoms. The van der Waals surface area contributed by atoms with Gasteiger partial charge in [-0.05, 0) is 51.7 Å². The first-order valence-electron chi connectivity index (χ1n) is 11.5. The summed E-state index contributed by atoms with van der Waals surface area (Å²) in [7, 11) is 0. The summed E-state index contributed by atoms with van der Waals surface area (Å²) in [4.78, 5) is 27.9. The first kappa shape index (κ1) is 27.6. The molecule has 8 nitrogen and oxygen atoms in total. The lowest BCUT2D eigenvalue weighted by atomic mass is 9.85. The van der Waals surface area contributed by atoms with Crippen molar-refractivity contribution in [1.82, 2.24) is 14.7 Å². The van der Waals surface area contributed by atoms with Gasteiger partial charge in [0.25, 0.3) is 5.91 Å². The van der Waals surface area contributed by atoms with Crippen molar-refractivity contribution >= 4 is 29.3 Å². The fraction of sp³-hybridized carbons (Fsp3) is 0.542. The quantitative estimate of drug-likeness (QED) is 0.513. The standard InChI is InChI=1S/C24H30ClF3N4O4/c1-14(2)19-16(26)13-29-32(19)24(8-10-31(11-9-24)22(34)36-23(3,4)5)20(33)30-17-7-6-15(25)12-18(17)35-21(27)28/h6-7,12-14,21H,8-11H2,1-5H3,(H,30,33). The van der Waals surface area contributed by atoms with E-state index in [2.05, 4.69) is 15.2 Å². The number of halogens is 4. The molecule has 36 heavy (non-hydrogen) atoms. The molecule has 1 fully saturated rings. The molecule has 1 N–H and O–H groups in total. The number of anilines is 1. The Kier molecular flexibility index (Phi) is 8.12. The van der Waals surface area contributed by atoms with E-state index in [1.165, 1.54) is 21.7 Å². The van der Waals surface area contributed by atoms with Gasteiger partial charge in [-0.1, -0.05) is 25.4 Å². The van der Waals surface area contributed by atoms with E-state index in [9.17, 15) is 22.8 Å². The summed E-state index contributed by atoms with van der Waals surface area (Å²) < 4.78 is 51.9. The summed E-state index contributed by atoms with van der Waals surface area (Å²) in [6.07, 6.45) is 0.672. The van der Waals surface area contributed by atoms with Crippen molar-refractivity contribution in [2.75, 3.05) is 18.4 Å². The number of rotatable bonds is 6. The Morgan fingerprint density at radius 2 is 1.83 bits per heavy atom. The van der Waals surface area contributed by atoms with Crippen molar-refractivity contribution in [2.24, 2.45) is 0 Å². The summed E-state index contributed by atoms with van der Waals surface area (Å²) in [5.74, 6) is -1.81. The average molecular weight is 531 g/mol. The van der Waals surface area contributed by atoms with Crippen LogP contribution in [0.25, 0.3) is 0 Å². The second kappa shape index (κ2) is 10.6. The monoisotopic (exact) mass is 530 g/mol. The molecule has 198 valence electrons. The zero-order valence-electron chi connectivity index (χ0n) is 20.8. The van der Waals surface area contributed by atoms with Crippen LogP contribution in [0.3, 0.4) is 0 Å². The van der Waals surface area contributed by atoms with Crippen molar-refractivity contribution in [2.45, 2.75) is 71.1 Å². The molecule has 1 aromatic heterocycles. The van der Waals surface area contributed by atoms with Crippen LogP contribution in [0.1, 0.15) is 59.1 Å². The molecule has 0 unspecified atom stereocenters. The Morgan fingerprint density at radius 3 is 2.39 bits per heavy atom. The minimum atomic E-state index is -3.14. The first-order chi connectivity index (χ1) is 16.7. The van der Waals surface area contributed by atoms with Crippen LogP contribution in [0.4, 0.5) is 23.7 Å². The van der Waals surface area contributed by atoms with Crippen LogP contribution in [-0.2, 0) is 15.1 Å². The normalized spacial score (nSPS) is 15.8. The van der Waals surface area contributed by atoms with Gasteiger partial charge in [-0.25, -0.2) is 9.18 Å². The van der Waals surface area contributed by atoms with Gasteiger partial charge in [0.15, 0.2) is 11.6 Å². The second-order valence-corrected chi connectivity index (χ2v) is 10.4. The van der Waals surface area contributed by atoms with Crippen LogP contribution in [0, 0.1) is 5.82 Å². The van der Waals surface area contributed by atoms with Gasteiger partial charge in [-0.15, -0.1) is 0 Å². The lowest BCUT2D eigenvalue weighted by Crippen LogP contribution is -2.55. The van der Waals surface area contributed by atoms with E-state index in [-0.39, 0.29) is 54.0 Å². The molecule has 1 aliphatic rings. The van der Waals surface area contributed by atoms with Gasteiger partial charge in [0.1, 0.15) is 11.1 Å². The minimum absolute atomic E-state index is 0.0302. The fourth-order valence-electron chi connectivity index (χ4n) is 4.15. The second-order valence-electron chi connectivity index (χ2n) is 9.92. The number of alkyl halides is 2. The maximum Gasteiger partial charge on any atom is 0.410 e. The van der Waals surface area contributed by atoms with Gasteiger partial charge < -0.3 is 19.7 Å². The fourth-order valence-corrected chi connectivity index (χ4v) is 4.31. The molecule has 2 amide bonds. The molecule has 2 heterocycles. The predicted molar refractivity (Wildman–Crippen MR) is 128 cm³/mol. The predicted octanol–water partition coefficient (Wildman–Crippen LogP) is 5.77. The number of nitrogens with zero attached hydrogens (tertiary/aromatic N) is 3. The van der Waals surface area contributed by atoms with E-state index in [1.807, 2.05) is 0 Å². The van der Waals surface area contributed by atoms with Crippen LogP contribution in [0.15, 0.2) is 24.4 Å². The van der Waals surface area contributed by atoms with Gasteiger partial charge in [0.2, 0.25) is 0 Å². The molecule has 0 aliphatic carbocycles. The number of hydrogen-bond acceptors (Lipinski definition) is 5. The number of likely N-dealkylation sites (tertiary alicyclic amines) is 1. The van der Waals surface area contributed by atoms with Gasteiger partial charge >= 0.3 is 12.7 Å². The van der Waals surface area contributed by atoms with Gasteiger partial charge in [0, 0.05) is 24.2 Å². The van der Waals surface area contributed by atoms with Crippen LogP contribution in [0.2, 0.25) is 5.02 Å². The third-order valence-corrected chi connectivity index (χ3v) is 6.02. The molecule has 0 spiro atoms. The number of amides is 2. The number of nitrogens with one attached hydrogen (secondary N) is 1. The SMILES string of the molecule is CC(C)c1c(F)cnn1C1(C(=O)Nc2ccc(Cl)cc2OC(F)F)CCN(C(=O)OC(C)(C)C)CC1. The van der Waals surface area contributed by atoms with Crippen LogP contribution < -0.4 is 10.1 Å². The van der Waals surface area contributed by atoms with E-state index < -0.39 is 35.6 Å². The zero-order valence-corrected chi connectivity index (χ0v) is 21.5. The molecule has 12 heteroatoms. The third-order valence-electron chi connectivity index (χ3n) is 5.78. The highest BCUT2D eigenvalue weighted by Gasteiger charge is 2.47. The van der Waals surface area contributed by atoms with Gasteiger partial charge in [0.05, 0.1) is 17.6 Å². The zero-order chi connectivity index (χ0) is 26.8. The minimum Gasteiger partial charge on any atom is -0.444 e. The Morgan fingerprint density at radius 1 is 1.19 bits per heavy atom. The van der Waals surface area contributed by atoms with Gasteiger partial charge in [-0.2, -0.15) is 13.9 Å². The van der Waals surface area contributed by atoms with Crippen molar-refractivity contribution in [1.29, 1.82) is 0 Å². The smallest absolute Gasteiger partial charge is 0.410 e. The van der Waals surface area contributed by atoms with Crippen molar-refractivity contribution in [3.8, 4) is 5.75 Å². The maximum atomic E-state index is 14.7. The Labute approximate surface area is 212 Å². The lowest BCUT2D eigenvalue weighted by Gasteiger charge is -2.42.